The van der Waals surface area contributed by atoms with E-state index in [-0.39, 0.29) is 11.1 Å². The Morgan fingerprint density at radius 2 is 0.915 bits per heavy atom. The number of rotatable bonds is 2. The third-order valence-electron chi connectivity index (χ3n) is 9.59. The fraction of sp³-hybridized carbons (Fsp3) is 0. The van der Waals surface area contributed by atoms with Crippen molar-refractivity contribution in [2.75, 3.05) is 0 Å². The number of nitrogens with zero attached hydrogens (tertiary/aromatic N) is 5. The van der Waals surface area contributed by atoms with Gasteiger partial charge in [0.1, 0.15) is 0 Å². The largest absolute Gasteiger partial charge is 0.308 e. The molecule has 6 aromatic carbocycles. The number of pyridine rings is 2. The molecular formula is C40H19N5O2. The molecule has 0 amide bonds. The van der Waals surface area contributed by atoms with Crippen LogP contribution in [0.15, 0.2) is 125 Å². The molecule has 0 saturated heterocycles. The average molecular weight is 602 g/mol. The molecule has 4 heterocycles. The lowest BCUT2D eigenvalue weighted by Gasteiger charge is -2.20. The summed E-state index contributed by atoms with van der Waals surface area (Å²) in [5, 5.41) is 25.1. The molecule has 4 aromatic heterocycles. The zero-order chi connectivity index (χ0) is 31.6. The normalized spacial score (nSPS) is 12.0. The van der Waals surface area contributed by atoms with Crippen molar-refractivity contribution in [3.8, 4) is 23.5 Å². The Bertz CT molecular complexity index is 2970. The Labute approximate surface area is 264 Å². The van der Waals surface area contributed by atoms with E-state index in [0.29, 0.717) is 49.7 Å². The third-order valence-corrected chi connectivity index (χ3v) is 9.59. The monoisotopic (exact) mass is 601 g/mol. The third kappa shape index (κ3) is 3.03. The second-order valence-electron chi connectivity index (χ2n) is 11.9. The van der Waals surface area contributed by atoms with Gasteiger partial charge in [-0.2, -0.15) is 10.5 Å². The average Bonchev–Trinajstić information content (AvgIpc) is 3.63. The van der Waals surface area contributed by atoms with Crippen LogP contribution in [-0.4, -0.2) is 13.5 Å². The zero-order valence-electron chi connectivity index (χ0n) is 24.5. The van der Waals surface area contributed by atoms with Gasteiger partial charge in [-0.15, -0.1) is 0 Å². The first kappa shape index (κ1) is 25.4. The van der Waals surface area contributed by atoms with Crippen LogP contribution >= 0.6 is 0 Å². The van der Waals surface area contributed by atoms with Crippen LogP contribution in [-0.2, 0) is 0 Å². The van der Waals surface area contributed by atoms with Crippen molar-refractivity contribution in [1.29, 1.82) is 10.5 Å². The summed E-state index contributed by atoms with van der Waals surface area (Å²) in [5.41, 5.74) is 5.48. The van der Waals surface area contributed by atoms with Gasteiger partial charge in [0.25, 0.3) is 11.1 Å². The first-order chi connectivity index (χ1) is 23.1. The van der Waals surface area contributed by atoms with Crippen LogP contribution in [0.4, 0.5) is 0 Å². The van der Waals surface area contributed by atoms with Gasteiger partial charge in [-0.1, -0.05) is 54.6 Å². The second kappa shape index (κ2) is 8.82. The van der Waals surface area contributed by atoms with Crippen LogP contribution in [0.25, 0.3) is 82.0 Å². The van der Waals surface area contributed by atoms with E-state index in [1.807, 2.05) is 108 Å². The number of fused-ring (bicyclic) bond motifs is 8. The lowest BCUT2D eigenvalue weighted by atomic mass is 9.92. The first-order valence-corrected chi connectivity index (χ1v) is 15.2. The smallest absolute Gasteiger partial charge is 0.264 e. The summed E-state index contributed by atoms with van der Waals surface area (Å²) in [6.07, 6.45) is 0. The standard InChI is InChI=1S/C40H19N5O2/c41-20-22-14-16-26-30(18-22)45-31-19-23(21-42)15-17-27(31)33-37-35-34-28(12-7-13-29(34)44(40(37)47)25-10-5-2-6-11-25)43(24-8-3-1-4-9-24)39(46)36(35)32(26)38(33)45/h1-19H. The summed E-state index contributed by atoms with van der Waals surface area (Å²) in [6.45, 7) is 0. The van der Waals surface area contributed by atoms with Crippen molar-refractivity contribution in [3.05, 3.63) is 147 Å². The summed E-state index contributed by atoms with van der Waals surface area (Å²) >= 11 is 0. The highest BCUT2D eigenvalue weighted by Gasteiger charge is 2.30. The summed E-state index contributed by atoms with van der Waals surface area (Å²) in [7, 11) is 0. The maximum absolute atomic E-state index is 15.1. The van der Waals surface area contributed by atoms with Crippen molar-refractivity contribution < 1.29 is 0 Å². The molecular weight excluding hydrogens is 582 g/mol. The number of para-hydroxylation sites is 2. The minimum Gasteiger partial charge on any atom is -0.308 e. The molecule has 0 aliphatic heterocycles. The van der Waals surface area contributed by atoms with E-state index in [1.165, 1.54) is 0 Å². The van der Waals surface area contributed by atoms with Crippen molar-refractivity contribution in [3.63, 3.8) is 0 Å². The van der Waals surface area contributed by atoms with Crippen molar-refractivity contribution in [2.24, 2.45) is 0 Å². The van der Waals surface area contributed by atoms with E-state index in [0.717, 1.165) is 43.5 Å². The van der Waals surface area contributed by atoms with Gasteiger partial charge < -0.3 is 4.40 Å². The zero-order valence-corrected chi connectivity index (χ0v) is 24.5. The van der Waals surface area contributed by atoms with E-state index in [1.54, 1.807) is 21.3 Å². The maximum atomic E-state index is 15.1. The molecule has 0 spiro atoms. The number of hydrogen-bond donors (Lipinski definition) is 0. The van der Waals surface area contributed by atoms with Crippen LogP contribution in [0, 0.1) is 22.7 Å². The van der Waals surface area contributed by atoms with Crippen LogP contribution in [0.5, 0.6) is 0 Å². The summed E-state index contributed by atoms with van der Waals surface area (Å²) in [6, 6.07) is 40.3. The van der Waals surface area contributed by atoms with Gasteiger partial charge in [-0.05, 0) is 60.7 Å². The maximum Gasteiger partial charge on any atom is 0.264 e. The van der Waals surface area contributed by atoms with Crippen LogP contribution in [0.1, 0.15) is 11.1 Å². The minimum absolute atomic E-state index is 0.235. The van der Waals surface area contributed by atoms with Crippen molar-refractivity contribution in [1.82, 2.24) is 13.5 Å². The van der Waals surface area contributed by atoms with Gasteiger partial charge in [0.05, 0.1) is 61.6 Å². The molecule has 0 N–H and O–H groups in total. The van der Waals surface area contributed by atoms with Gasteiger partial charge in [0.2, 0.25) is 0 Å². The lowest BCUT2D eigenvalue weighted by molar-refractivity contribution is 1.04. The molecule has 7 heteroatoms. The van der Waals surface area contributed by atoms with E-state index in [9.17, 15) is 10.5 Å². The van der Waals surface area contributed by atoms with Gasteiger partial charge in [-0.3, -0.25) is 18.7 Å². The van der Waals surface area contributed by atoms with Crippen LogP contribution < -0.4 is 11.1 Å². The molecule has 216 valence electrons. The molecule has 0 aliphatic carbocycles. The fourth-order valence-corrected chi connectivity index (χ4v) is 7.79. The molecule has 7 nitrogen and oxygen atoms in total. The highest BCUT2D eigenvalue weighted by atomic mass is 16.1. The quantitative estimate of drug-likeness (QED) is 0.189. The molecule has 0 atom stereocenters. The summed E-state index contributed by atoms with van der Waals surface area (Å²) < 4.78 is 5.51. The van der Waals surface area contributed by atoms with E-state index >= 15 is 9.59 Å². The van der Waals surface area contributed by atoms with Crippen molar-refractivity contribution >= 4 is 70.7 Å². The number of nitriles is 2. The SMILES string of the molecule is N#Cc1ccc2c3c4c(=O)n(-c5ccccc5)c5cccc6c5c4c(c(=O)n6-c4ccccc4)c4c5ccc(C#N)cc5n(c2c1)c34. The van der Waals surface area contributed by atoms with Crippen LogP contribution in [0.2, 0.25) is 0 Å². The Morgan fingerprint density at radius 3 is 1.36 bits per heavy atom. The second-order valence-corrected chi connectivity index (χ2v) is 11.9. The van der Waals surface area contributed by atoms with Gasteiger partial charge in [0.15, 0.2) is 0 Å². The molecule has 0 unspecified atom stereocenters. The van der Waals surface area contributed by atoms with Gasteiger partial charge in [0, 0.05) is 43.7 Å². The minimum atomic E-state index is -0.235. The van der Waals surface area contributed by atoms with E-state index < -0.39 is 0 Å². The lowest BCUT2D eigenvalue weighted by Crippen LogP contribution is -2.24. The van der Waals surface area contributed by atoms with Crippen molar-refractivity contribution in [2.45, 2.75) is 0 Å². The molecule has 47 heavy (non-hydrogen) atoms. The first-order valence-electron chi connectivity index (χ1n) is 15.2. The fourth-order valence-electron chi connectivity index (χ4n) is 7.79. The summed E-state index contributed by atoms with van der Waals surface area (Å²) in [5.74, 6) is 0. The Hall–Kier alpha value is -6.96. The molecule has 10 rings (SSSR count). The summed E-state index contributed by atoms with van der Waals surface area (Å²) in [4.78, 5) is 30.2. The van der Waals surface area contributed by atoms with Gasteiger partial charge >= 0.3 is 0 Å². The highest BCUT2D eigenvalue weighted by Crippen LogP contribution is 2.47. The Morgan fingerprint density at radius 1 is 0.447 bits per heavy atom. The topological polar surface area (TPSA) is 96.0 Å². The van der Waals surface area contributed by atoms with Gasteiger partial charge in [-0.25, -0.2) is 0 Å². The molecule has 0 saturated carbocycles. The predicted molar refractivity (Wildman–Crippen MR) is 185 cm³/mol. The molecule has 0 fully saturated rings. The van der Waals surface area contributed by atoms with E-state index in [4.69, 9.17) is 0 Å². The Balaban J connectivity index is 1.64. The number of aromatic nitrogens is 3. The van der Waals surface area contributed by atoms with Crippen LogP contribution in [0.3, 0.4) is 0 Å². The Kier molecular flexibility index (Phi) is 4.76. The molecule has 0 aliphatic rings. The number of benzene rings is 6. The molecule has 10 aromatic rings. The molecule has 0 radical (unpaired) electrons. The predicted octanol–water partition coefficient (Wildman–Crippen LogP) is 7.78. The number of hydrogen-bond acceptors (Lipinski definition) is 4. The molecule has 0 bridgehead atoms. The van der Waals surface area contributed by atoms with E-state index in [2.05, 4.69) is 12.1 Å². The highest BCUT2D eigenvalue weighted by molar-refractivity contribution is 6.41.